The number of nitrogens with zero attached hydrogens (tertiary/aromatic N) is 2. The quantitative estimate of drug-likeness (QED) is 0.375. The van der Waals surface area contributed by atoms with Crippen molar-refractivity contribution in [2.45, 2.75) is 5.92 Å². The van der Waals surface area contributed by atoms with Crippen LogP contribution >= 0.6 is 11.6 Å². The molecule has 0 N–H and O–H groups in total. The average Bonchev–Trinajstić information content (AvgIpc) is 2.49. The summed E-state index contributed by atoms with van der Waals surface area (Å²) in [6.07, 6.45) is 1.12. The Morgan fingerprint density at radius 2 is 1.90 bits per heavy atom. The lowest BCUT2D eigenvalue weighted by Crippen LogP contribution is -2.24. The van der Waals surface area contributed by atoms with Crippen LogP contribution in [0.15, 0.2) is 36.7 Å². The number of rotatable bonds is 4. The van der Waals surface area contributed by atoms with Crippen molar-refractivity contribution < 1.29 is 18.7 Å². The lowest BCUT2D eigenvalue weighted by Gasteiger charge is -2.13. The van der Waals surface area contributed by atoms with E-state index in [-0.39, 0.29) is 10.8 Å². The summed E-state index contributed by atoms with van der Waals surface area (Å²) in [5.74, 6) is -3.07. The van der Waals surface area contributed by atoms with Gasteiger partial charge in [-0.3, -0.25) is 9.59 Å². The van der Waals surface area contributed by atoms with Gasteiger partial charge in [0, 0.05) is 6.07 Å². The number of carbonyl (C=O) groups is 2. The normalized spacial score (nSPS) is 11.8. The third kappa shape index (κ3) is 3.41. The summed E-state index contributed by atoms with van der Waals surface area (Å²) >= 11 is 5.70. The number of methoxy groups -OCH3 is 1. The topological polar surface area (TPSA) is 69.2 Å². The van der Waals surface area contributed by atoms with Crippen LogP contribution in [0.2, 0.25) is 5.15 Å². The van der Waals surface area contributed by atoms with Crippen LogP contribution in [0.5, 0.6) is 0 Å². The minimum absolute atomic E-state index is 0.0188. The number of hydrogen-bond acceptors (Lipinski definition) is 5. The summed E-state index contributed by atoms with van der Waals surface area (Å²) in [4.78, 5) is 31.8. The van der Waals surface area contributed by atoms with E-state index in [4.69, 9.17) is 11.6 Å². The molecule has 108 valence electrons. The Kier molecular flexibility index (Phi) is 4.59. The lowest BCUT2D eigenvalue weighted by atomic mass is 9.93. The number of aromatic nitrogens is 2. The third-order valence-electron chi connectivity index (χ3n) is 2.79. The second kappa shape index (κ2) is 6.41. The Morgan fingerprint density at radius 3 is 2.48 bits per heavy atom. The summed E-state index contributed by atoms with van der Waals surface area (Å²) in [6.45, 7) is 0. The monoisotopic (exact) mass is 308 g/mol. The van der Waals surface area contributed by atoms with Crippen molar-refractivity contribution in [1.29, 1.82) is 0 Å². The Labute approximate surface area is 124 Å². The molecule has 5 nitrogen and oxygen atoms in total. The molecule has 0 aliphatic heterocycles. The van der Waals surface area contributed by atoms with Gasteiger partial charge in [-0.1, -0.05) is 23.7 Å². The van der Waals surface area contributed by atoms with E-state index in [9.17, 15) is 14.0 Å². The third-order valence-corrected chi connectivity index (χ3v) is 3.00. The van der Waals surface area contributed by atoms with Gasteiger partial charge in [-0.05, 0) is 17.7 Å². The van der Waals surface area contributed by atoms with Gasteiger partial charge in [0.05, 0.1) is 7.11 Å². The summed E-state index contributed by atoms with van der Waals surface area (Å²) in [5.41, 5.74) is 0.290. The molecule has 0 aliphatic carbocycles. The van der Waals surface area contributed by atoms with Gasteiger partial charge in [0.15, 0.2) is 5.78 Å². The second-order valence-electron chi connectivity index (χ2n) is 4.10. The van der Waals surface area contributed by atoms with E-state index in [2.05, 4.69) is 14.7 Å². The first-order valence-corrected chi connectivity index (χ1v) is 6.25. The Hall–Kier alpha value is -2.34. The zero-order chi connectivity index (χ0) is 15.4. The predicted molar refractivity (Wildman–Crippen MR) is 72.5 cm³/mol. The second-order valence-corrected chi connectivity index (χ2v) is 4.49. The molecule has 1 atom stereocenters. The molecule has 0 saturated heterocycles. The van der Waals surface area contributed by atoms with Crippen molar-refractivity contribution in [2.75, 3.05) is 7.11 Å². The van der Waals surface area contributed by atoms with Crippen LogP contribution in [0.3, 0.4) is 0 Å². The van der Waals surface area contributed by atoms with Gasteiger partial charge < -0.3 is 4.74 Å². The molecule has 1 unspecified atom stereocenters. The average molecular weight is 309 g/mol. The van der Waals surface area contributed by atoms with Crippen LogP contribution in [-0.4, -0.2) is 28.8 Å². The molecular formula is C14H10ClFN2O3. The fraction of sp³-hybridized carbons (Fsp3) is 0.143. The number of carbonyl (C=O) groups excluding carboxylic acids is 2. The molecule has 1 aromatic carbocycles. The molecule has 0 aliphatic rings. The molecule has 0 saturated carbocycles. The molecular weight excluding hydrogens is 299 g/mol. The van der Waals surface area contributed by atoms with Crippen molar-refractivity contribution in [1.82, 2.24) is 9.97 Å². The van der Waals surface area contributed by atoms with Gasteiger partial charge >= 0.3 is 5.97 Å². The zero-order valence-electron chi connectivity index (χ0n) is 10.9. The molecule has 0 bridgehead atoms. The van der Waals surface area contributed by atoms with Crippen molar-refractivity contribution in [3.63, 3.8) is 0 Å². The molecule has 1 aromatic heterocycles. The lowest BCUT2D eigenvalue weighted by molar-refractivity contribution is -0.141. The largest absolute Gasteiger partial charge is 0.468 e. The predicted octanol–water partition coefficient (Wildman–Crippen LogP) is 2.41. The minimum atomic E-state index is -1.23. The molecule has 1 heterocycles. The summed E-state index contributed by atoms with van der Waals surface area (Å²) in [7, 11) is 1.17. The molecule has 0 amide bonds. The maximum absolute atomic E-state index is 13.0. The van der Waals surface area contributed by atoms with Crippen LogP contribution in [0.4, 0.5) is 4.39 Å². The Morgan fingerprint density at radius 1 is 1.24 bits per heavy atom. The van der Waals surface area contributed by atoms with Crippen molar-refractivity contribution >= 4 is 23.4 Å². The van der Waals surface area contributed by atoms with E-state index in [1.54, 1.807) is 0 Å². The van der Waals surface area contributed by atoms with Gasteiger partial charge in [-0.15, -0.1) is 0 Å². The molecule has 0 spiro atoms. The van der Waals surface area contributed by atoms with Gasteiger partial charge in [0.1, 0.15) is 28.9 Å². The van der Waals surface area contributed by atoms with Crippen molar-refractivity contribution in [3.8, 4) is 0 Å². The SMILES string of the molecule is COC(=O)C(C(=O)c1cc(Cl)ncn1)c1ccc(F)cc1. The van der Waals surface area contributed by atoms with Gasteiger partial charge in [-0.2, -0.15) is 0 Å². The first-order chi connectivity index (χ1) is 10.0. The van der Waals surface area contributed by atoms with E-state index >= 15 is 0 Å². The van der Waals surface area contributed by atoms with Crippen LogP contribution in [0, 0.1) is 5.82 Å². The molecule has 21 heavy (non-hydrogen) atoms. The number of Topliss-reactive ketones (excluding diaryl/α,β-unsaturated/α-hetero) is 1. The maximum atomic E-state index is 13.0. The summed E-state index contributed by atoms with van der Waals surface area (Å²) in [5, 5.41) is 0.0797. The molecule has 0 fully saturated rings. The number of benzene rings is 1. The Balaban J connectivity index is 2.43. The molecule has 2 rings (SSSR count). The smallest absolute Gasteiger partial charge is 0.321 e. The van der Waals surface area contributed by atoms with Crippen LogP contribution < -0.4 is 0 Å². The first-order valence-electron chi connectivity index (χ1n) is 5.88. The minimum Gasteiger partial charge on any atom is -0.468 e. The molecule has 0 radical (unpaired) electrons. The highest BCUT2D eigenvalue weighted by molar-refractivity contribution is 6.29. The molecule has 7 heteroatoms. The number of ketones is 1. The van der Waals surface area contributed by atoms with Gasteiger partial charge in [-0.25, -0.2) is 14.4 Å². The van der Waals surface area contributed by atoms with Crippen LogP contribution in [-0.2, 0) is 9.53 Å². The maximum Gasteiger partial charge on any atom is 0.321 e. The van der Waals surface area contributed by atoms with Crippen LogP contribution in [0.1, 0.15) is 22.0 Å². The number of hydrogen-bond donors (Lipinski definition) is 0. The van der Waals surface area contributed by atoms with Crippen molar-refractivity contribution in [3.05, 3.63) is 58.9 Å². The van der Waals surface area contributed by atoms with Crippen molar-refractivity contribution in [2.24, 2.45) is 0 Å². The number of esters is 1. The van der Waals surface area contributed by atoms with E-state index in [0.29, 0.717) is 5.56 Å². The summed E-state index contributed by atoms with van der Waals surface area (Å²) in [6, 6.07) is 6.26. The highest BCUT2D eigenvalue weighted by Crippen LogP contribution is 2.23. The fourth-order valence-corrected chi connectivity index (χ4v) is 1.93. The van der Waals surface area contributed by atoms with E-state index in [1.807, 2.05) is 0 Å². The van der Waals surface area contributed by atoms with Crippen LogP contribution in [0.25, 0.3) is 0 Å². The summed E-state index contributed by atoms with van der Waals surface area (Å²) < 4.78 is 17.6. The fourth-order valence-electron chi connectivity index (χ4n) is 1.78. The van der Waals surface area contributed by atoms with E-state index < -0.39 is 23.5 Å². The van der Waals surface area contributed by atoms with E-state index in [1.165, 1.54) is 25.3 Å². The van der Waals surface area contributed by atoms with Gasteiger partial charge in [0.25, 0.3) is 0 Å². The first kappa shape index (κ1) is 15.1. The highest BCUT2D eigenvalue weighted by Gasteiger charge is 2.31. The highest BCUT2D eigenvalue weighted by atomic mass is 35.5. The number of ether oxygens (including phenoxy) is 1. The number of halogens is 2. The van der Waals surface area contributed by atoms with Gasteiger partial charge in [0.2, 0.25) is 0 Å². The Bertz CT molecular complexity index is 676. The van der Waals surface area contributed by atoms with E-state index in [0.717, 1.165) is 18.5 Å². The zero-order valence-corrected chi connectivity index (χ0v) is 11.7. The molecule has 2 aromatic rings. The standard InChI is InChI=1S/C14H10ClFN2O3/c1-21-14(20)12(8-2-4-9(16)5-3-8)13(19)10-6-11(15)18-7-17-10/h2-7,12H,1H3.